The zero-order valence-corrected chi connectivity index (χ0v) is 15.2. The summed E-state index contributed by atoms with van der Waals surface area (Å²) in [6.45, 7) is 3.85. The minimum absolute atomic E-state index is 0. The van der Waals surface area contributed by atoms with Gasteiger partial charge in [-0.3, -0.25) is 4.79 Å². The van der Waals surface area contributed by atoms with Crippen molar-refractivity contribution in [1.82, 2.24) is 5.32 Å². The summed E-state index contributed by atoms with van der Waals surface area (Å²) in [5.41, 5.74) is 6.52. The fraction of sp³-hybridized carbons (Fsp3) is 0.632. The molecular weight excluding hydrogens is 327 g/mol. The number of benzene rings is 1. The van der Waals surface area contributed by atoms with E-state index >= 15 is 0 Å². The first kappa shape index (κ1) is 19.2. The first-order valence-corrected chi connectivity index (χ1v) is 8.70. The van der Waals surface area contributed by atoms with Crippen molar-refractivity contribution in [3.05, 3.63) is 35.6 Å². The minimum atomic E-state index is -0.576. The molecule has 1 aromatic rings. The molecule has 3 N–H and O–H groups in total. The van der Waals surface area contributed by atoms with Crippen molar-refractivity contribution in [3.63, 3.8) is 0 Å². The van der Waals surface area contributed by atoms with Gasteiger partial charge in [-0.05, 0) is 69.1 Å². The van der Waals surface area contributed by atoms with Crippen molar-refractivity contribution in [2.75, 3.05) is 0 Å². The van der Waals surface area contributed by atoms with Crippen LogP contribution in [-0.2, 0) is 10.3 Å². The van der Waals surface area contributed by atoms with Crippen LogP contribution in [-0.4, -0.2) is 11.9 Å². The van der Waals surface area contributed by atoms with Gasteiger partial charge in [-0.25, -0.2) is 4.39 Å². The lowest BCUT2D eigenvalue weighted by Crippen LogP contribution is -2.51. The Morgan fingerprint density at radius 2 is 1.88 bits per heavy atom. The average molecular weight is 355 g/mol. The van der Waals surface area contributed by atoms with Crippen LogP contribution in [0.25, 0.3) is 0 Å². The molecule has 5 heteroatoms. The van der Waals surface area contributed by atoms with Crippen molar-refractivity contribution in [1.29, 1.82) is 0 Å². The summed E-state index contributed by atoms with van der Waals surface area (Å²) in [6, 6.07) is 6.72. The zero-order chi connectivity index (χ0) is 16.6. The number of rotatable bonds is 3. The third-order valence-corrected chi connectivity index (χ3v) is 5.77. The molecule has 134 valence electrons. The maximum atomic E-state index is 13.5. The third kappa shape index (κ3) is 3.92. The van der Waals surface area contributed by atoms with Gasteiger partial charge in [0.15, 0.2) is 0 Å². The summed E-state index contributed by atoms with van der Waals surface area (Å²) < 4.78 is 13.5. The molecule has 24 heavy (non-hydrogen) atoms. The van der Waals surface area contributed by atoms with Crippen LogP contribution in [0.5, 0.6) is 0 Å². The maximum absolute atomic E-state index is 13.5. The highest BCUT2D eigenvalue weighted by atomic mass is 35.5. The van der Waals surface area contributed by atoms with Crippen LogP contribution in [0.4, 0.5) is 4.39 Å². The van der Waals surface area contributed by atoms with Gasteiger partial charge < -0.3 is 11.1 Å². The summed E-state index contributed by atoms with van der Waals surface area (Å²) >= 11 is 0. The fourth-order valence-corrected chi connectivity index (χ4v) is 4.36. The number of nitrogens with one attached hydrogen (secondary N) is 1. The summed E-state index contributed by atoms with van der Waals surface area (Å²) in [6.07, 6.45) is 5.32. The monoisotopic (exact) mass is 354 g/mol. The van der Waals surface area contributed by atoms with Gasteiger partial charge in [0.2, 0.25) is 5.91 Å². The molecule has 3 rings (SSSR count). The lowest BCUT2D eigenvalue weighted by atomic mass is 9.65. The number of carbonyl (C=O) groups excluding carboxylic acids is 1. The lowest BCUT2D eigenvalue weighted by molar-refractivity contribution is -0.129. The molecule has 2 aliphatic carbocycles. The van der Waals surface area contributed by atoms with Gasteiger partial charge in [-0.2, -0.15) is 0 Å². The summed E-state index contributed by atoms with van der Waals surface area (Å²) in [4.78, 5) is 12.8. The number of fused-ring (bicyclic) bond motifs is 2. The Labute approximate surface area is 150 Å². The number of hydrogen-bond donors (Lipinski definition) is 2. The van der Waals surface area contributed by atoms with Gasteiger partial charge >= 0.3 is 0 Å². The van der Waals surface area contributed by atoms with Crippen molar-refractivity contribution in [3.8, 4) is 0 Å². The van der Waals surface area contributed by atoms with E-state index in [-0.39, 0.29) is 36.1 Å². The first-order chi connectivity index (χ1) is 10.9. The molecule has 0 aromatic heterocycles. The molecule has 1 aromatic carbocycles. The van der Waals surface area contributed by atoms with Crippen molar-refractivity contribution < 1.29 is 9.18 Å². The van der Waals surface area contributed by atoms with E-state index in [1.54, 1.807) is 6.07 Å². The molecule has 2 unspecified atom stereocenters. The van der Waals surface area contributed by atoms with Crippen LogP contribution in [0.2, 0.25) is 0 Å². The fourth-order valence-electron chi connectivity index (χ4n) is 4.36. The van der Waals surface area contributed by atoms with Crippen LogP contribution in [0.1, 0.15) is 51.5 Å². The van der Waals surface area contributed by atoms with Crippen molar-refractivity contribution in [2.24, 2.45) is 23.5 Å². The molecule has 2 aliphatic rings. The van der Waals surface area contributed by atoms with Crippen LogP contribution in [0.3, 0.4) is 0 Å². The van der Waals surface area contributed by atoms with Crippen LogP contribution < -0.4 is 11.1 Å². The lowest BCUT2D eigenvalue weighted by Gasteiger charge is -2.44. The predicted octanol–water partition coefficient (Wildman–Crippen LogP) is 3.75. The number of amides is 1. The van der Waals surface area contributed by atoms with Gasteiger partial charge in [0, 0.05) is 12.0 Å². The number of halogens is 2. The largest absolute Gasteiger partial charge is 0.347 e. The summed E-state index contributed by atoms with van der Waals surface area (Å²) in [7, 11) is 0. The Hall–Kier alpha value is -1.13. The van der Waals surface area contributed by atoms with Crippen LogP contribution in [0, 0.1) is 23.6 Å². The average Bonchev–Trinajstić information content (AvgIpc) is 2.46. The topological polar surface area (TPSA) is 55.1 Å². The highest BCUT2D eigenvalue weighted by Crippen LogP contribution is 2.42. The van der Waals surface area contributed by atoms with Gasteiger partial charge in [-0.1, -0.05) is 18.6 Å². The Kier molecular flexibility index (Phi) is 5.92. The van der Waals surface area contributed by atoms with E-state index in [9.17, 15) is 9.18 Å². The van der Waals surface area contributed by atoms with Crippen LogP contribution >= 0.6 is 12.4 Å². The molecule has 2 bridgehead atoms. The first-order valence-electron chi connectivity index (χ1n) is 8.70. The summed E-state index contributed by atoms with van der Waals surface area (Å²) in [5.74, 6) is 0.815. The molecule has 3 nitrogen and oxygen atoms in total. The SMILES string of the molecule is CC(C)(NC(=O)C1CC2CCCC(C1)C2N)c1cccc(F)c1.Cl. The Morgan fingerprint density at radius 3 is 2.46 bits per heavy atom. The minimum Gasteiger partial charge on any atom is -0.347 e. The molecule has 1 amide bonds. The van der Waals surface area contributed by atoms with E-state index in [2.05, 4.69) is 5.32 Å². The predicted molar refractivity (Wildman–Crippen MR) is 96.3 cm³/mol. The molecule has 2 saturated carbocycles. The van der Waals surface area contributed by atoms with Gasteiger partial charge in [-0.15, -0.1) is 12.4 Å². The van der Waals surface area contributed by atoms with Gasteiger partial charge in [0.05, 0.1) is 5.54 Å². The van der Waals surface area contributed by atoms with E-state index in [1.807, 2.05) is 19.9 Å². The maximum Gasteiger partial charge on any atom is 0.223 e. The molecule has 2 fully saturated rings. The summed E-state index contributed by atoms with van der Waals surface area (Å²) in [5, 5.41) is 3.13. The number of nitrogens with two attached hydrogens (primary N) is 1. The van der Waals surface area contributed by atoms with Crippen LogP contribution in [0.15, 0.2) is 24.3 Å². The Balaban J connectivity index is 0.00000208. The normalized spacial score (nSPS) is 29.5. The molecule has 0 aliphatic heterocycles. The smallest absolute Gasteiger partial charge is 0.223 e. The van der Waals surface area contributed by atoms with E-state index in [0.717, 1.165) is 31.2 Å². The molecule has 0 saturated heterocycles. The molecular formula is C19H28ClFN2O. The molecule has 0 heterocycles. The Bertz CT molecular complexity index is 578. The highest BCUT2D eigenvalue weighted by Gasteiger charge is 2.41. The van der Waals surface area contributed by atoms with E-state index in [4.69, 9.17) is 5.73 Å². The van der Waals surface area contributed by atoms with Gasteiger partial charge in [0.25, 0.3) is 0 Å². The molecule has 2 atom stereocenters. The quantitative estimate of drug-likeness (QED) is 0.868. The second kappa shape index (κ2) is 7.40. The van der Waals surface area contributed by atoms with Crippen molar-refractivity contribution in [2.45, 2.75) is 57.5 Å². The van der Waals surface area contributed by atoms with E-state index in [1.165, 1.54) is 18.6 Å². The Morgan fingerprint density at radius 1 is 1.25 bits per heavy atom. The highest BCUT2D eigenvalue weighted by molar-refractivity contribution is 5.85. The second-order valence-electron chi connectivity index (χ2n) is 7.82. The molecule has 0 spiro atoms. The van der Waals surface area contributed by atoms with Crippen molar-refractivity contribution >= 4 is 18.3 Å². The zero-order valence-electron chi connectivity index (χ0n) is 14.4. The second-order valence-corrected chi connectivity index (χ2v) is 7.82. The standard InChI is InChI=1S/C19H27FN2O.ClH/c1-19(2,15-7-4-8-16(20)11-15)22-18(23)14-9-12-5-3-6-13(10-14)17(12)21;/h4,7-8,11-14,17H,3,5-6,9-10,21H2,1-2H3,(H,22,23);1H. The third-order valence-electron chi connectivity index (χ3n) is 5.77. The van der Waals surface area contributed by atoms with E-state index < -0.39 is 5.54 Å². The number of hydrogen-bond acceptors (Lipinski definition) is 2. The van der Waals surface area contributed by atoms with E-state index in [0.29, 0.717) is 11.8 Å². The van der Waals surface area contributed by atoms with Gasteiger partial charge in [0.1, 0.15) is 5.82 Å². The molecule has 0 radical (unpaired) electrons. The number of carbonyl (C=O) groups is 1.